The SMILES string of the molecule is Cc1nc(C2CCCC2)sc1C(=O)N[C@]1(C#N)CCSC1. The first-order chi connectivity index (χ1) is 10.1. The highest BCUT2D eigenvalue weighted by Crippen LogP contribution is 2.37. The van der Waals surface area contributed by atoms with E-state index in [1.165, 1.54) is 37.0 Å². The van der Waals surface area contributed by atoms with Crippen molar-refractivity contribution in [3.8, 4) is 6.07 Å². The van der Waals surface area contributed by atoms with E-state index in [0.717, 1.165) is 22.9 Å². The number of rotatable bonds is 3. The Morgan fingerprint density at radius 2 is 2.24 bits per heavy atom. The van der Waals surface area contributed by atoms with E-state index >= 15 is 0 Å². The first kappa shape index (κ1) is 14.9. The Morgan fingerprint density at radius 3 is 2.86 bits per heavy atom. The summed E-state index contributed by atoms with van der Waals surface area (Å²) >= 11 is 3.24. The Balaban J connectivity index is 1.77. The zero-order valence-corrected chi connectivity index (χ0v) is 13.8. The summed E-state index contributed by atoms with van der Waals surface area (Å²) in [5.74, 6) is 2.02. The number of thiazole rings is 1. The summed E-state index contributed by atoms with van der Waals surface area (Å²) in [7, 11) is 0. The fourth-order valence-corrected chi connectivity index (χ4v) is 5.43. The van der Waals surface area contributed by atoms with Gasteiger partial charge in [0, 0.05) is 11.7 Å². The molecule has 1 aromatic rings. The lowest BCUT2D eigenvalue weighted by atomic mass is 10.0. The van der Waals surface area contributed by atoms with Crippen molar-refractivity contribution >= 4 is 29.0 Å². The molecule has 1 aliphatic heterocycles. The molecule has 2 fully saturated rings. The highest BCUT2D eigenvalue weighted by atomic mass is 32.2. The minimum absolute atomic E-state index is 0.127. The molecular weight excluding hydrogens is 302 g/mol. The summed E-state index contributed by atoms with van der Waals surface area (Å²) < 4.78 is 0. The van der Waals surface area contributed by atoms with Crippen LogP contribution in [-0.4, -0.2) is 27.9 Å². The fourth-order valence-electron chi connectivity index (χ4n) is 3.03. The molecule has 0 spiro atoms. The summed E-state index contributed by atoms with van der Waals surface area (Å²) in [4.78, 5) is 17.8. The molecular formula is C15H19N3OS2. The highest BCUT2D eigenvalue weighted by molar-refractivity contribution is 7.99. The van der Waals surface area contributed by atoms with Crippen molar-refractivity contribution in [2.75, 3.05) is 11.5 Å². The van der Waals surface area contributed by atoms with E-state index in [0.29, 0.717) is 16.5 Å². The van der Waals surface area contributed by atoms with Gasteiger partial charge in [-0.3, -0.25) is 4.79 Å². The van der Waals surface area contributed by atoms with Crippen LogP contribution in [0.5, 0.6) is 0 Å². The summed E-state index contributed by atoms with van der Waals surface area (Å²) in [5.41, 5.74) is 0.115. The number of amides is 1. The van der Waals surface area contributed by atoms with Crippen LogP contribution < -0.4 is 5.32 Å². The Labute approximate surface area is 133 Å². The van der Waals surface area contributed by atoms with E-state index in [2.05, 4.69) is 16.4 Å². The third kappa shape index (κ3) is 2.95. The number of aryl methyl sites for hydroxylation is 1. The number of hydrogen-bond acceptors (Lipinski definition) is 5. The molecule has 1 amide bonds. The predicted octanol–water partition coefficient (Wildman–Crippen LogP) is 3.24. The van der Waals surface area contributed by atoms with Crippen molar-refractivity contribution in [3.63, 3.8) is 0 Å². The van der Waals surface area contributed by atoms with Crippen LogP contribution in [0.1, 0.15) is 58.4 Å². The molecule has 1 atom stereocenters. The molecule has 0 radical (unpaired) electrons. The van der Waals surface area contributed by atoms with Gasteiger partial charge in [-0.1, -0.05) is 12.8 Å². The summed E-state index contributed by atoms with van der Waals surface area (Å²) in [6, 6.07) is 2.29. The van der Waals surface area contributed by atoms with Gasteiger partial charge >= 0.3 is 0 Å². The molecule has 1 aromatic heterocycles. The van der Waals surface area contributed by atoms with Crippen LogP contribution in [0.15, 0.2) is 0 Å². The lowest BCUT2D eigenvalue weighted by Gasteiger charge is -2.20. The number of aromatic nitrogens is 1. The standard InChI is InChI=1S/C15H19N3OS2/c1-10-12(21-14(17-10)11-4-2-3-5-11)13(19)18-15(8-16)6-7-20-9-15/h11H,2-7,9H2,1H3,(H,18,19)/t15-/m0/s1. The van der Waals surface area contributed by atoms with Gasteiger partial charge in [0.1, 0.15) is 10.4 Å². The van der Waals surface area contributed by atoms with Gasteiger partial charge in [0.15, 0.2) is 0 Å². The topological polar surface area (TPSA) is 65.8 Å². The van der Waals surface area contributed by atoms with Crippen molar-refractivity contribution in [1.29, 1.82) is 5.26 Å². The van der Waals surface area contributed by atoms with E-state index < -0.39 is 5.54 Å². The third-order valence-corrected chi connectivity index (χ3v) is 6.82. The summed E-state index contributed by atoms with van der Waals surface area (Å²) in [5, 5.41) is 13.4. The van der Waals surface area contributed by atoms with Crippen LogP contribution in [0.25, 0.3) is 0 Å². The molecule has 0 unspecified atom stereocenters. The zero-order valence-electron chi connectivity index (χ0n) is 12.1. The third-order valence-electron chi connectivity index (χ3n) is 4.31. The second-order valence-corrected chi connectivity index (χ2v) is 8.03. The number of carbonyl (C=O) groups is 1. The van der Waals surface area contributed by atoms with Gasteiger partial charge in [-0.25, -0.2) is 4.98 Å². The average Bonchev–Trinajstić information content (AvgIpc) is 3.18. The van der Waals surface area contributed by atoms with Gasteiger partial charge in [0.2, 0.25) is 0 Å². The second-order valence-electron chi connectivity index (χ2n) is 5.90. The lowest BCUT2D eigenvalue weighted by molar-refractivity contribution is 0.0929. The molecule has 6 heteroatoms. The summed E-state index contributed by atoms with van der Waals surface area (Å²) in [6.07, 6.45) is 5.63. The van der Waals surface area contributed by atoms with Crippen molar-refractivity contribution in [2.45, 2.75) is 50.5 Å². The molecule has 1 saturated carbocycles. The molecule has 0 aromatic carbocycles. The van der Waals surface area contributed by atoms with Crippen molar-refractivity contribution in [1.82, 2.24) is 10.3 Å². The van der Waals surface area contributed by atoms with Gasteiger partial charge < -0.3 is 5.32 Å². The zero-order chi connectivity index (χ0) is 14.9. The maximum absolute atomic E-state index is 12.5. The van der Waals surface area contributed by atoms with Crippen LogP contribution in [-0.2, 0) is 0 Å². The van der Waals surface area contributed by atoms with E-state index in [9.17, 15) is 10.1 Å². The molecule has 1 saturated heterocycles. The van der Waals surface area contributed by atoms with Crippen LogP contribution >= 0.6 is 23.1 Å². The van der Waals surface area contributed by atoms with E-state index in [4.69, 9.17) is 0 Å². The Bertz CT molecular complexity index is 578. The minimum Gasteiger partial charge on any atom is -0.332 e. The molecule has 0 bridgehead atoms. The molecule has 21 heavy (non-hydrogen) atoms. The van der Waals surface area contributed by atoms with Gasteiger partial charge in [-0.15, -0.1) is 11.3 Å². The van der Waals surface area contributed by atoms with E-state index in [-0.39, 0.29) is 5.91 Å². The maximum Gasteiger partial charge on any atom is 0.264 e. The van der Waals surface area contributed by atoms with Gasteiger partial charge in [-0.05, 0) is 31.9 Å². The van der Waals surface area contributed by atoms with Gasteiger partial charge in [0.05, 0.1) is 16.8 Å². The van der Waals surface area contributed by atoms with Crippen LogP contribution in [0.4, 0.5) is 0 Å². The van der Waals surface area contributed by atoms with Crippen molar-refractivity contribution in [3.05, 3.63) is 15.6 Å². The van der Waals surface area contributed by atoms with Crippen molar-refractivity contribution < 1.29 is 4.79 Å². The number of hydrogen-bond donors (Lipinski definition) is 1. The average molecular weight is 321 g/mol. The molecule has 2 aliphatic rings. The predicted molar refractivity (Wildman–Crippen MR) is 85.8 cm³/mol. The largest absolute Gasteiger partial charge is 0.332 e. The number of thioether (sulfide) groups is 1. The number of nitrogens with zero attached hydrogens (tertiary/aromatic N) is 2. The monoisotopic (exact) mass is 321 g/mol. The van der Waals surface area contributed by atoms with E-state index in [1.807, 2.05) is 6.92 Å². The molecule has 1 aliphatic carbocycles. The normalized spacial score (nSPS) is 25.9. The number of carbonyl (C=O) groups excluding carboxylic acids is 1. The van der Waals surface area contributed by atoms with Crippen LogP contribution in [0.2, 0.25) is 0 Å². The first-order valence-electron chi connectivity index (χ1n) is 7.42. The Morgan fingerprint density at radius 1 is 1.48 bits per heavy atom. The van der Waals surface area contributed by atoms with Crippen LogP contribution in [0.3, 0.4) is 0 Å². The van der Waals surface area contributed by atoms with Gasteiger partial charge in [-0.2, -0.15) is 17.0 Å². The van der Waals surface area contributed by atoms with Crippen LogP contribution in [0, 0.1) is 18.3 Å². The minimum atomic E-state index is -0.689. The maximum atomic E-state index is 12.5. The molecule has 1 N–H and O–H groups in total. The molecule has 112 valence electrons. The Kier molecular flexibility index (Phi) is 4.23. The first-order valence-corrected chi connectivity index (χ1v) is 9.39. The van der Waals surface area contributed by atoms with Crippen molar-refractivity contribution in [2.24, 2.45) is 0 Å². The Hall–Kier alpha value is -1.06. The number of nitriles is 1. The quantitative estimate of drug-likeness (QED) is 0.928. The lowest BCUT2D eigenvalue weighted by Crippen LogP contribution is -2.47. The smallest absolute Gasteiger partial charge is 0.264 e. The molecule has 2 heterocycles. The summed E-state index contributed by atoms with van der Waals surface area (Å²) in [6.45, 7) is 1.90. The molecule has 4 nitrogen and oxygen atoms in total. The number of nitrogens with one attached hydrogen (secondary N) is 1. The highest BCUT2D eigenvalue weighted by Gasteiger charge is 2.37. The second kappa shape index (κ2) is 5.98. The van der Waals surface area contributed by atoms with E-state index in [1.54, 1.807) is 11.8 Å². The molecule has 3 rings (SSSR count). The fraction of sp³-hybridized carbons (Fsp3) is 0.667. The van der Waals surface area contributed by atoms with Gasteiger partial charge in [0.25, 0.3) is 5.91 Å².